The molecule has 0 saturated carbocycles. The summed E-state index contributed by atoms with van der Waals surface area (Å²) in [6.45, 7) is 0. The van der Waals surface area contributed by atoms with Gasteiger partial charge < -0.3 is 9.64 Å². The topological polar surface area (TPSA) is 63.7 Å². The number of alkyl halides is 3. The Morgan fingerprint density at radius 3 is 2.19 bits per heavy atom. The van der Waals surface area contributed by atoms with Crippen molar-refractivity contribution in [2.24, 2.45) is 0 Å². The Hall–Kier alpha value is -3.04. The van der Waals surface area contributed by atoms with Crippen molar-refractivity contribution >= 4 is 33.0 Å². The zero-order valence-electron chi connectivity index (χ0n) is 16.9. The Morgan fingerprint density at radius 1 is 0.969 bits per heavy atom. The lowest BCUT2D eigenvalue weighted by Gasteiger charge is -2.19. The Balaban J connectivity index is 1.85. The fraction of sp³-hybridized carbons (Fsp3) is 0.136. The van der Waals surface area contributed by atoms with E-state index in [1.54, 1.807) is 24.3 Å². The third-order valence-corrected chi connectivity index (χ3v) is 5.96. The number of rotatable bonds is 5. The quantitative estimate of drug-likeness (QED) is 0.475. The molecule has 5 nitrogen and oxygen atoms in total. The third-order valence-electron chi connectivity index (χ3n) is 4.54. The van der Waals surface area contributed by atoms with Crippen LogP contribution in [0.15, 0.2) is 71.6 Å². The first-order valence-electron chi connectivity index (χ1n) is 9.09. The Bertz CT molecular complexity index is 1260. The lowest BCUT2D eigenvalue weighted by Crippen LogP contribution is -2.26. The van der Waals surface area contributed by atoms with Gasteiger partial charge in [0.15, 0.2) is 9.84 Å². The number of carbonyl (C=O) groups is 1. The highest BCUT2D eigenvalue weighted by Crippen LogP contribution is 2.30. The van der Waals surface area contributed by atoms with E-state index in [1.165, 1.54) is 54.4 Å². The number of ether oxygens (including phenoxy) is 1. The Kier molecular flexibility index (Phi) is 6.52. The van der Waals surface area contributed by atoms with E-state index in [0.29, 0.717) is 22.4 Å². The average molecular weight is 484 g/mol. The molecule has 10 heteroatoms. The van der Waals surface area contributed by atoms with Crippen LogP contribution in [-0.4, -0.2) is 34.0 Å². The largest absolute Gasteiger partial charge is 0.573 e. The van der Waals surface area contributed by atoms with E-state index in [-0.39, 0.29) is 15.7 Å². The second kappa shape index (κ2) is 8.84. The fourth-order valence-electron chi connectivity index (χ4n) is 2.97. The van der Waals surface area contributed by atoms with Gasteiger partial charge in [-0.1, -0.05) is 35.9 Å². The number of nitrogens with zero attached hydrogens (tertiary/aromatic N) is 1. The highest BCUT2D eigenvalue weighted by molar-refractivity contribution is 7.90. The van der Waals surface area contributed by atoms with Crippen LogP contribution < -0.4 is 9.64 Å². The average Bonchev–Trinajstić information content (AvgIpc) is 2.71. The molecule has 0 aromatic heterocycles. The van der Waals surface area contributed by atoms with Crippen molar-refractivity contribution in [3.05, 3.63) is 77.3 Å². The van der Waals surface area contributed by atoms with E-state index in [4.69, 9.17) is 11.6 Å². The van der Waals surface area contributed by atoms with Crippen molar-refractivity contribution < 1.29 is 31.1 Å². The molecule has 0 aliphatic carbocycles. The third kappa shape index (κ3) is 5.60. The number of halogens is 4. The van der Waals surface area contributed by atoms with Crippen molar-refractivity contribution in [2.45, 2.75) is 11.3 Å². The molecular weight excluding hydrogens is 467 g/mol. The van der Waals surface area contributed by atoms with Gasteiger partial charge in [-0.05, 0) is 53.6 Å². The molecule has 0 atom stereocenters. The van der Waals surface area contributed by atoms with Crippen LogP contribution in [0.3, 0.4) is 0 Å². The molecule has 3 rings (SSSR count). The summed E-state index contributed by atoms with van der Waals surface area (Å²) in [7, 11) is -1.95. The lowest BCUT2D eigenvalue weighted by molar-refractivity contribution is -0.274. The Morgan fingerprint density at radius 2 is 1.62 bits per heavy atom. The molecule has 0 heterocycles. The molecule has 1 amide bonds. The van der Waals surface area contributed by atoms with Crippen LogP contribution in [0.1, 0.15) is 10.4 Å². The number of amides is 1. The number of sulfone groups is 1. The van der Waals surface area contributed by atoms with Crippen molar-refractivity contribution in [3.8, 4) is 16.9 Å². The van der Waals surface area contributed by atoms with Gasteiger partial charge in [0.2, 0.25) is 0 Å². The number of benzene rings is 3. The number of hydrogen-bond donors (Lipinski definition) is 0. The minimum atomic E-state index is -4.78. The maximum Gasteiger partial charge on any atom is 0.573 e. The number of carbonyl (C=O) groups excluding carboxylic acids is 1. The molecule has 0 bridgehead atoms. The molecule has 3 aromatic carbocycles. The second-order valence-electron chi connectivity index (χ2n) is 6.90. The molecule has 0 saturated heterocycles. The van der Waals surface area contributed by atoms with Crippen LogP contribution in [0, 0.1) is 0 Å². The van der Waals surface area contributed by atoms with E-state index in [0.717, 1.165) is 6.26 Å². The van der Waals surface area contributed by atoms with Gasteiger partial charge in [-0.3, -0.25) is 4.79 Å². The zero-order valence-corrected chi connectivity index (χ0v) is 18.4. The van der Waals surface area contributed by atoms with Gasteiger partial charge in [0, 0.05) is 18.9 Å². The SMILES string of the molecule is CN(C(=O)c1cccc(-c2ccc(OC(F)(F)F)cc2)c1)c1ccc(S(C)(=O)=O)cc1Cl. The highest BCUT2D eigenvalue weighted by Gasteiger charge is 2.31. The molecule has 0 unspecified atom stereocenters. The van der Waals surface area contributed by atoms with Gasteiger partial charge in [-0.2, -0.15) is 0 Å². The minimum Gasteiger partial charge on any atom is -0.406 e. The summed E-state index contributed by atoms with van der Waals surface area (Å²) < 4.78 is 64.2. The van der Waals surface area contributed by atoms with Crippen LogP contribution in [0.4, 0.5) is 18.9 Å². The van der Waals surface area contributed by atoms with Crippen LogP contribution in [0.5, 0.6) is 5.75 Å². The maximum absolute atomic E-state index is 13.0. The van der Waals surface area contributed by atoms with E-state index in [1.807, 2.05) is 0 Å². The first-order chi connectivity index (χ1) is 14.8. The molecule has 0 fully saturated rings. The van der Waals surface area contributed by atoms with Crippen molar-refractivity contribution in [1.82, 2.24) is 0 Å². The van der Waals surface area contributed by atoms with Gasteiger partial charge in [0.25, 0.3) is 5.91 Å². The fourth-order valence-corrected chi connectivity index (χ4v) is 3.99. The predicted molar refractivity (Wildman–Crippen MR) is 116 cm³/mol. The summed E-state index contributed by atoms with van der Waals surface area (Å²) in [5.41, 5.74) is 1.83. The van der Waals surface area contributed by atoms with Gasteiger partial charge in [-0.25, -0.2) is 8.42 Å². The van der Waals surface area contributed by atoms with Gasteiger partial charge in [0.1, 0.15) is 5.75 Å². The summed E-state index contributed by atoms with van der Waals surface area (Å²) in [4.78, 5) is 14.3. The zero-order chi connectivity index (χ0) is 23.7. The van der Waals surface area contributed by atoms with E-state index in [9.17, 15) is 26.4 Å². The normalized spacial score (nSPS) is 11.8. The molecule has 0 N–H and O–H groups in total. The van der Waals surface area contributed by atoms with Crippen LogP contribution in [0.25, 0.3) is 11.1 Å². The van der Waals surface area contributed by atoms with Crippen molar-refractivity contribution in [3.63, 3.8) is 0 Å². The molecule has 0 spiro atoms. The minimum absolute atomic E-state index is 0.0343. The van der Waals surface area contributed by atoms with Crippen LogP contribution >= 0.6 is 11.6 Å². The summed E-state index contributed by atoms with van der Waals surface area (Å²) in [5, 5.41) is 0.0974. The van der Waals surface area contributed by atoms with Crippen LogP contribution in [0.2, 0.25) is 5.02 Å². The first kappa shape index (κ1) is 23.6. The molecule has 0 aliphatic rings. The maximum atomic E-state index is 13.0. The van der Waals surface area contributed by atoms with Crippen molar-refractivity contribution in [1.29, 1.82) is 0 Å². The second-order valence-corrected chi connectivity index (χ2v) is 9.33. The Labute approximate surface area is 187 Å². The van der Waals surface area contributed by atoms with Crippen molar-refractivity contribution in [2.75, 3.05) is 18.2 Å². The molecule has 32 heavy (non-hydrogen) atoms. The predicted octanol–water partition coefficient (Wildman–Crippen LogP) is 5.59. The monoisotopic (exact) mass is 483 g/mol. The summed E-state index contributed by atoms with van der Waals surface area (Å²) in [6, 6.07) is 15.9. The summed E-state index contributed by atoms with van der Waals surface area (Å²) in [6.07, 6.45) is -3.72. The number of anilines is 1. The van der Waals surface area contributed by atoms with Gasteiger partial charge in [-0.15, -0.1) is 13.2 Å². The molecule has 168 valence electrons. The molecular formula is C22H17ClF3NO4S. The number of hydrogen-bond acceptors (Lipinski definition) is 4. The van der Waals surface area contributed by atoms with Crippen LogP contribution in [-0.2, 0) is 9.84 Å². The van der Waals surface area contributed by atoms with E-state index < -0.39 is 22.1 Å². The summed E-state index contributed by atoms with van der Waals surface area (Å²) >= 11 is 6.20. The lowest BCUT2D eigenvalue weighted by atomic mass is 10.0. The van der Waals surface area contributed by atoms with E-state index in [2.05, 4.69) is 4.74 Å². The molecule has 0 radical (unpaired) electrons. The highest BCUT2D eigenvalue weighted by atomic mass is 35.5. The first-order valence-corrected chi connectivity index (χ1v) is 11.4. The van der Waals surface area contributed by atoms with Gasteiger partial charge >= 0.3 is 6.36 Å². The molecule has 3 aromatic rings. The standard InChI is InChI=1S/C22H17ClF3NO4S/c1-27(20-11-10-18(13-19(20)23)32(2,29)30)21(28)16-5-3-4-15(12-16)14-6-8-17(9-7-14)31-22(24,25)26/h3-13H,1-2H3. The van der Waals surface area contributed by atoms with Gasteiger partial charge in [0.05, 0.1) is 15.6 Å². The molecule has 0 aliphatic heterocycles. The smallest absolute Gasteiger partial charge is 0.406 e. The summed E-state index contributed by atoms with van der Waals surface area (Å²) in [5.74, 6) is -0.752. The van der Waals surface area contributed by atoms with E-state index >= 15 is 0 Å².